The van der Waals surface area contributed by atoms with Gasteiger partial charge in [-0.15, -0.1) is 11.8 Å². The van der Waals surface area contributed by atoms with Gasteiger partial charge in [0.15, 0.2) is 0 Å². The first kappa shape index (κ1) is 19.1. The van der Waals surface area contributed by atoms with Gasteiger partial charge in [0.2, 0.25) is 0 Å². The molecule has 0 bridgehead atoms. The monoisotopic (exact) mass is 352 g/mol. The molecule has 21 heavy (non-hydrogen) atoms. The summed E-state index contributed by atoms with van der Waals surface area (Å²) in [6.07, 6.45) is 1.95. The smallest absolute Gasteiger partial charge is 0.548 e. The van der Waals surface area contributed by atoms with Crippen LogP contribution in [0, 0.1) is 0 Å². The van der Waals surface area contributed by atoms with Crippen molar-refractivity contribution >= 4 is 51.9 Å². The van der Waals surface area contributed by atoms with Gasteiger partial charge in [-0.3, -0.25) is 9.69 Å². The zero-order chi connectivity index (χ0) is 14.9. The van der Waals surface area contributed by atoms with Gasteiger partial charge in [-0.25, -0.2) is 0 Å². The predicted octanol–water partition coefficient (Wildman–Crippen LogP) is -2.61. The maximum absolute atomic E-state index is 12.2. The molecule has 5 nitrogen and oxygen atoms in total. The van der Waals surface area contributed by atoms with Gasteiger partial charge in [-0.1, -0.05) is 24.0 Å². The molecule has 2 heterocycles. The number of carboxylic acid groups (broad SMARTS) is 1. The van der Waals surface area contributed by atoms with Gasteiger partial charge in [-0.05, 0) is 18.6 Å². The Morgan fingerprint density at radius 2 is 2.19 bits per heavy atom. The molecule has 0 atom stereocenters. The van der Waals surface area contributed by atoms with Crippen LogP contribution in [0.2, 0.25) is 0 Å². The number of carbonyl (C=O) groups is 2. The molecule has 0 unspecified atom stereocenters. The van der Waals surface area contributed by atoms with E-state index in [1.54, 1.807) is 11.8 Å². The molecular weight excluding hydrogens is 339 g/mol. The average molecular weight is 352 g/mol. The summed E-state index contributed by atoms with van der Waals surface area (Å²) in [7, 11) is 2.00. The third-order valence-corrected chi connectivity index (χ3v) is 5.57. The van der Waals surface area contributed by atoms with E-state index < -0.39 is 12.5 Å². The summed E-state index contributed by atoms with van der Waals surface area (Å²) >= 11 is 7.92. The molecule has 1 amide bonds. The van der Waals surface area contributed by atoms with Crippen molar-refractivity contribution in [1.29, 1.82) is 0 Å². The van der Waals surface area contributed by atoms with Crippen LogP contribution in [-0.4, -0.2) is 51.9 Å². The second-order valence-corrected chi connectivity index (χ2v) is 7.16. The van der Waals surface area contributed by atoms with Crippen LogP contribution in [0.25, 0.3) is 0 Å². The largest absolute Gasteiger partial charge is 1.00 e. The van der Waals surface area contributed by atoms with E-state index in [9.17, 15) is 14.7 Å². The Kier molecular flexibility index (Phi) is 7.29. The Labute approximate surface area is 159 Å². The Morgan fingerprint density at radius 3 is 2.71 bits per heavy atom. The average Bonchev–Trinajstić information content (AvgIpc) is 2.88. The number of hydrogen-bond acceptors (Lipinski definition) is 7. The third kappa shape index (κ3) is 4.49. The fourth-order valence-corrected chi connectivity index (χ4v) is 4.21. The molecule has 9 heteroatoms. The van der Waals surface area contributed by atoms with Crippen LogP contribution >= 0.6 is 35.7 Å². The van der Waals surface area contributed by atoms with Gasteiger partial charge in [0.25, 0.3) is 5.91 Å². The summed E-state index contributed by atoms with van der Waals surface area (Å²) in [5.74, 6) is -0.643. The van der Waals surface area contributed by atoms with Crippen LogP contribution in [0.1, 0.15) is 6.92 Å². The van der Waals surface area contributed by atoms with Crippen LogP contribution in [0.5, 0.6) is 0 Å². The Balaban J connectivity index is 0.00000220. The Morgan fingerprint density at radius 1 is 1.52 bits per heavy atom. The molecular formula is C12H13N2NaO3S3. The minimum atomic E-state index is -1.32. The number of carboxylic acids is 1. The van der Waals surface area contributed by atoms with Gasteiger partial charge in [0.05, 0.1) is 22.4 Å². The van der Waals surface area contributed by atoms with Crippen molar-refractivity contribution in [3.63, 3.8) is 0 Å². The van der Waals surface area contributed by atoms with E-state index in [0.29, 0.717) is 4.91 Å². The summed E-state index contributed by atoms with van der Waals surface area (Å²) in [4.78, 5) is 26.5. The summed E-state index contributed by atoms with van der Waals surface area (Å²) in [6.45, 7) is 2.33. The Bertz CT molecular complexity index is 548. The number of amides is 1. The summed E-state index contributed by atoms with van der Waals surface area (Å²) < 4.78 is 0.263. The van der Waals surface area contributed by atoms with E-state index in [-0.39, 0.29) is 39.8 Å². The van der Waals surface area contributed by atoms with Gasteiger partial charge >= 0.3 is 29.6 Å². The van der Waals surface area contributed by atoms with Crippen molar-refractivity contribution in [3.8, 4) is 0 Å². The molecule has 0 aliphatic carbocycles. The van der Waals surface area contributed by atoms with E-state index in [0.717, 1.165) is 39.6 Å². The topological polar surface area (TPSA) is 63.7 Å². The summed E-state index contributed by atoms with van der Waals surface area (Å²) in [5.41, 5.74) is 0.805. The number of rotatable bonds is 3. The standard InChI is InChI=1S/C12H14N2O3S3.Na/c1-7(5-8-13(2)3-4-19-8)10-11(17)14(6-9(15)16)12(18)20-10;/h5H,3-4,6H2,1-2H3,(H,15,16);/q;+1/p-1. The normalized spacial score (nSPS) is 22.9. The molecule has 2 aliphatic rings. The molecule has 2 saturated heterocycles. The zero-order valence-electron chi connectivity index (χ0n) is 12.0. The molecule has 0 spiro atoms. The van der Waals surface area contributed by atoms with Crippen molar-refractivity contribution < 1.29 is 44.3 Å². The quantitative estimate of drug-likeness (QED) is 0.313. The molecule has 108 valence electrons. The van der Waals surface area contributed by atoms with Crippen molar-refractivity contribution in [2.24, 2.45) is 0 Å². The first-order valence-corrected chi connectivity index (χ1v) is 8.11. The molecule has 0 N–H and O–H groups in total. The van der Waals surface area contributed by atoms with Gasteiger partial charge in [-0.2, -0.15) is 0 Å². The van der Waals surface area contributed by atoms with Crippen LogP contribution in [0.3, 0.4) is 0 Å². The number of thioether (sulfide) groups is 2. The maximum atomic E-state index is 12.2. The zero-order valence-corrected chi connectivity index (χ0v) is 16.5. The number of allylic oxidation sites excluding steroid dienone is 2. The second kappa shape index (κ2) is 8.03. The number of aliphatic carboxylic acids is 1. The number of carbonyl (C=O) groups excluding carboxylic acids is 2. The fraction of sp³-hybridized carbons (Fsp3) is 0.417. The molecule has 0 aromatic rings. The van der Waals surface area contributed by atoms with Gasteiger partial charge in [0.1, 0.15) is 4.32 Å². The predicted molar refractivity (Wildman–Crippen MR) is 82.8 cm³/mol. The maximum Gasteiger partial charge on any atom is 1.00 e. The molecule has 2 rings (SSSR count). The van der Waals surface area contributed by atoms with E-state index in [2.05, 4.69) is 4.90 Å². The fourth-order valence-electron chi connectivity index (χ4n) is 1.82. The van der Waals surface area contributed by atoms with E-state index in [1.165, 1.54) is 0 Å². The van der Waals surface area contributed by atoms with Crippen molar-refractivity contribution in [2.45, 2.75) is 6.92 Å². The van der Waals surface area contributed by atoms with Crippen molar-refractivity contribution in [1.82, 2.24) is 9.80 Å². The van der Waals surface area contributed by atoms with E-state index >= 15 is 0 Å². The summed E-state index contributed by atoms with van der Waals surface area (Å²) in [6, 6.07) is 0. The first-order valence-electron chi connectivity index (χ1n) is 5.90. The van der Waals surface area contributed by atoms with E-state index in [4.69, 9.17) is 12.2 Å². The first-order chi connectivity index (χ1) is 9.40. The van der Waals surface area contributed by atoms with Crippen molar-refractivity contribution in [3.05, 3.63) is 21.6 Å². The van der Waals surface area contributed by atoms with E-state index in [1.807, 2.05) is 20.0 Å². The SMILES string of the molecule is CC(C=C1SCCN1C)=C1SC(=S)N(CC(=O)[O-])C1=O.[Na+]. The second-order valence-electron chi connectivity index (χ2n) is 4.40. The van der Waals surface area contributed by atoms with Crippen LogP contribution in [0.4, 0.5) is 0 Å². The van der Waals surface area contributed by atoms with Gasteiger partial charge in [0, 0.05) is 19.3 Å². The number of nitrogens with zero attached hydrogens (tertiary/aromatic N) is 2. The molecule has 0 saturated carbocycles. The Hall–Kier alpha value is 0.01000. The third-order valence-electron chi connectivity index (χ3n) is 2.89. The molecule has 0 aromatic heterocycles. The van der Waals surface area contributed by atoms with Crippen LogP contribution < -0.4 is 34.7 Å². The molecule has 2 aliphatic heterocycles. The van der Waals surface area contributed by atoms with Crippen LogP contribution in [-0.2, 0) is 9.59 Å². The minimum absolute atomic E-state index is 0. The molecule has 0 aromatic carbocycles. The van der Waals surface area contributed by atoms with Crippen LogP contribution in [0.15, 0.2) is 21.6 Å². The number of hydrogen-bond donors (Lipinski definition) is 0. The molecule has 2 fully saturated rings. The minimum Gasteiger partial charge on any atom is -0.548 e. The van der Waals surface area contributed by atoms with Gasteiger partial charge < -0.3 is 14.8 Å². The summed E-state index contributed by atoms with van der Waals surface area (Å²) in [5, 5.41) is 11.7. The van der Waals surface area contributed by atoms with Crippen molar-refractivity contribution in [2.75, 3.05) is 25.9 Å². The number of thiocarbonyl (C=S) groups is 1. The molecule has 0 radical (unpaired) electrons.